The topological polar surface area (TPSA) is 38.7 Å². The standard InChI is InChI=1S/C16H24O3/c1-14(11-18-9-8-17)10-15(2)12-19-13-16-6-4-3-5-7-16/h3-7,10,14,17H,8-9,11-13H2,1-2H3/b15-10-/t14-/m1/s1. The van der Waals surface area contributed by atoms with Gasteiger partial charge in [0.05, 0.1) is 33.0 Å². The third-order valence-electron chi connectivity index (χ3n) is 2.63. The molecule has 1 aromatic rings. The Hall–Kier alpha value is -1.16. The Morgan fingerprint density at radius 1 is 1.26 bits per heavy atom. The van der Waals surface area contributed by atoms with Gasteiger partial charge in [-0.15, -0.1) is 0 Å². The van der Waals surface area contributed by atoms with Gasteiger partial charge in [-0.25, -0.2) is 0 Å². The molecule has 1 atom stereocenters. The molecule has 0 unspecified atom stereocenters. The van der Waals surface area contributed by atoms with Gasteiger partial charge in [-0.3, -0.25) is 0 Å². The molecule has 0 fully saturated rings. The van der Waals surface area contributed by atoms with Crippen LogP contribution in [-0.4, -0.2) is 31.5 Å². The Morgan fingerprint density at radius 3 is 2.68 bits per heavy atom. The molecule has 3 nitrogen and oxygen atoms in total. The van der Waals surface area contributed by atoms with Crippen molar-refractivity contribution < 1.29 is 14.6 Å². The lowest BCUT2D eigenvalue weighted by atomic mass is 10.1. The molecule has 0 heterocycles. The van der Waals surface area contributed by atoms with E-state index in [0.29, 0.717) is 32.3 Å². The normalized spacial score (nSPS) is 13.5. The second-order valence-corrected chi connectivity index (χ2v) is 4.77. The van der Waals surface area contributed by atoms with Crippen LogP contribution >= 0.6 is 0 Å². The first kappa shape index (κ1) is 15.9. The number of hydrogen-bond acceptors (Lipinski definition) is 3. The molecule has 106 valence electrons. The van der Waals surface area contributed by atoms with E-state index < -0.39 is 0 Å². The summed E-state index contributed by atoms with van der Waals surface area (Å²) in [5.74, 6) is 0.340. The molecule has 0 amide bonds. The highest BCUT2D eigenvalue weighted by molar-refractivity contribution is 5.13. The van der Waals surface area contributed by atoms with Gasteiger partial charge in [0.2, 0.25) is 0 Å². The highest BCUT2D eigenvalue weighted by Crippen LogP contribution is 2.06. The average Bonchev–Trinajstić information content (AvgIpc) is 2.40. The lowest BCUT2D eigenvalue weighted by Crippen LogP contribution is -2.08. The largest absolute Gasteiger partial charge is 0.394 e. The minimum atomic E-state index is 0.0790. The average molecular weight is 264 g/mol. The van der Waals surface area contributed by atoms with Crippen LogP contribution in [0.3, 0.4) is 0 Å². The van der Waals surface area contributed by atoms with Crippen LogP contribution in [0, 0.1) is 5.92 Å². The number of aliphatic hydroxyl groups excluding tert-OH is 1. The number of aliphatic hydroxyl groups is 1. The van der Waals surface area contributed by atoms with Crippen LogP contribution in [0.5, 0.6) is 0 Å². The molecule has 1 rings (SSSR count). The Morgan fingerprint density at radius 2 is 2.00 bits per heavy atom. The first-order chi connectivity index (χ1) is 9.22. The third kappa shape index (κ3) is 7.78. The molecule has 19 heavy (non-hydrogen) atoms. The van der Waals surface area contributed by atoms with Crippen molar-refractivity contribution in [3.8, 4) is 0 Å². The van der Waals surface area contributed by atoms with Crippen molar-refractivity contribution in [2.24, 2.45) is 5.92 Å². The van der Waals surface area contributed by atoms with Gasteiger partial charge in [0.1, 0.15) is 0 Å². The predicted octanol–water partition coefficient (Wildman–Crippen LogP) is 2.79. The van der Waals surface area contributed by atoms with Crippen molar-refractivity contribution in [3.05, 3.63) is 47.5 Å². The van der Waals surface area contributed by atoms with Crippen molar-refractivity contribution in [3.63, 3.8) is 0 Å². The zero-order valence-corrected chi connectivity index (χ0v) is 11.8. The van der Waals surface area contributed by atoms with E-state index in [2.05, 4.69) is 32.1 Å². The Kier molecular flexibility index (Phi) is 8.14. The second kappa shape index (κ2) is 9.73. The van der Waals surface area contributed by atoms with Gasteiger partial charge in [0.15, 0.2) is 0 Å². The maximum Gasteiger partial charge on any atom is 0.0721 e. The van der Waals surface area contributed by atoms with Crippen molar-refractivity contribution in [2.45, 2.75) is 20.5 Å². The van der Waals surface area contributed by atoms with Gasteiger partial charge in [0, 0.05) is 0 Å². The summed E-state index contributed by atoms with van der Waals surface area (Å²) >= 11 is 0. The molecule has 0 saturated carbocycles. The number of ether oxygens (including phenoxy) is 2. The molecule has 0 spiro atoms. The molecule has 1 aromatic carbocycles. The van der Waals surface area contributed by atoms with Gasteiger partial charge >= 0.3 is 0 Å². The smallest absolute Gasteiger partial charge is 0.0721 e. The molecule has 1 N–H and O–H groups in total. The molecule has 0 aliphatic carbocycles. The summed E-state index contributed by atoms with van der Waals surface area (Å²) in [6.07, 6.45) is 2.16. The van der Waals surface area contributed by atoms with E-state index in [1.54, 1.807) is 0 Å². The predicted molar refractivity (Wildman–Crippen MR) is 76.9 cm³/mol. The number of hydrogen-bond donors (Lipinski definition) is 1. The van der Waals surface area contributed by atoms with Crippen molar-refractivity contribution >= 4 is 0 Å². The van der Waals surface area contributed by atoms with Gasteiger partial charge in [-0.2, -0.15) is 0 Å². The molecule has 0 aromatic heterocycles. The molecule has 0 radical (unpaired) electrons. The fraction of sp³-hybridized carbons (Fsp3) is 0.500. The fourth-order valence-corrected chi connectivity index (χ4v) is 1.82. The summed E-state index contributed by atoms with van der Waals surface area (Å²) in [7, 11) is 0. The SMILES string of the molecule is C/C(=C/[C@@H](C)COCCO)COCc1ccccc1. The van der Waals surface area contributed by atoms with E-state index in [1.807, 2.05) is 18.2 Å². The van der Waals surface area contributed by atoms with E-state index >= 15 is 0 Å². The fourth-order valence-electron chi connectivity index (χ4n) is 1.82. The summed E-state index contributed by atoms with van der Waals surface area (Å²) in [4.78, 5) is 0. The van der Waals surface area contributed by atoms with Crippen LogP contribution in [0.15, 0.2) is 42.0 Å². The van der Waals surface area contributed by atoms with E-state index in [1.165, 1.54) is 11.1 Å². The minimum absolute atomic E-state index is 0.0790. The molecule has 3 heteroatoms. The summed E-state index contributed by atoms with van der Waals surface area (Å²) in [6.45, 7) is 6.56. The Labute approximate surface area is 115 Å². The molecule has 0 aliphatic rings. The summed E-state index contributed by atoms with van der Waals surface area (Å²) in [5.41, 5.74) is 2.39. The van der Waals surface area contributed by atoms with Crippen LogP contribution in [0.4, 0.5) is 0 Å². The summed E-state index contributed by atoms with van der Waals surface area (Å²) in [5, 5.41) is 8.63. The van der Waals surface area contributed by atoms with Gasteiger partial charge < -0.3 is 14.6 Å². The second-order valence-electron chi connectivity index (χ2n) is 4.77. The minimum Gasteiger partial charge on any atom is -0.394 e. The highest BCUT2D eigenvalue weighted by atomic mass is 16.5. The first-order valence-corrected chi connectivity index (χ1v) is 6.70. The van der Waals surface area contributed by atoms with E-state index in [9.17, 15) is 0 Å². The first-order valence-electron chi connectivity index (χ1n) is 6.70. The molecule has 0 aliphatic heterocycles. The molecule has 0 saturated heterocycles. The Bertz CT molecular complexity index is 360. The van der Waals surface area contributed by atoms with E-state index in [-0.39, 0.29) is 6.61 Å². The van der Waals surface area contributed by atoms with Gasteiger partial charge in [0.25, 0.3) is 0 Å². The lowest BCUT2D eigenvalue weighted by Gasteiger charge is -2.09. The molecular formula is C16H24O3. The van der Waals surface area contributed by atoms with Gasteiger partial charge in [-0.1, -0.05) is 48.9 Å². The van der Waals surface area contributed by atoms with Crippen LogP contribution in [-0.2, 0) is 16.1 Å². The van der Waals surface area contributed by atoms with Crippen molar-refractivity contribution in [1.82, 2.24) is 0 Å². The van der Waals surface area contributed by atoms with Gasteiger partial charge in [-0.05, 0) is 18.4 Å². The van der Waals surface area contributed by atoms with Crippen LogP contribution in [0.2, 0.25) is 0 Å². The van der Waals surface area contributed by atoms with Crippen molar-refractivity contribution in [2.75, 3.05) is 26.4 Å². The summed E-state index contributed by atoms with van der Waals surface area (Å²) in [6, 6.07) is 10.2. The quantitative estimate of drug-likeness (QED) is 0.550. The van der Waals surface area contributed by atoms with Crippen LogP contribution < -0.4 is 0 Å². The third-order valence-corrected chi connectivity index (χ3v) is 2.63. The van der Waals surface area contributed by atoms with Crippen LogP contribution in [0.1, 0.15) is 19.4 Å². The lowest BCUT2D eigenvalue weighted by molar-refractivity contribution is 0.0796. The highest BCUT2D eigenvalue weighted by Gasteiger charge is 2.00. The van der Waals surface area contributed by atoms with Crippen LogP contribution in [0.25, 0.3) is 0 Å². The van der Waals surface area contributed by atoms with Crippen molar-refractivity contribution in [1.29, 1.82) is 0 Å². The monoisotopic (exact) mass is 264 g/mol. The maximum absolute atomic E-state index is 8.63. The molecule has 0 bridgehead atoms. The zero-order chi connectivity index (χ0) is 13.9. The summed E-state index contributed by atoms with van der Waals surface area (Å²) < 4.78 is 10.9. The van der Waals surface area contributed by atoms with E-state index in [0.717, 1.165) is 0 Å². The molecular weight excluding hydrogens is 240 g/mol. The number of rotatable bonds is 9. The number of benzene rings is 1. The zero-order valence-electron chi connectivity index (χ0n) is 11.8. The maximum atomic E-state index is 8.63. The Balaban J connectivity index is 2.20. The van der Waals surface area contributed by atoms with E-state index in [4.69, 9.17) is 14.6 Å².